The Morgan fingerprint density at radius 2 is 2.24 bits per heavy atom. The van der Waals surface area contributed by atoms with Gasteiger partial charge in [-0.25, -0.2) is 0 Å². The molecule has 1 heterocycles. The quantitative estimate of drug-likeness (QED) is 0.891. The van der Waals surface area contributed by atoms with Gasteiger partial charge in [0.05, 0.1) is 12.5 Å². The van der Waals surface area contributed by atoms with Crippen LogP contribution in [0.5, 0.6) is 0 Å². The summed E-state index contributed by atoms with van der Waals surface area (Å²) in [4.78, 5) is 11.8. The fraction of sp³-hybridized carbons (Fsp3) is 0.385. The zero-order valence-electron chi connectivity index (χ0n) is 9.48. The SMILES string of the molecule is N#CCc1ccc(NC(=O)C2CCSC2)cc1. The number of anilines is 1. The Morgan fingerprint density at radius 3 is 2.82 bits per heavy atom. The molecule has 1 aromatic carbocycles. The van der Waals surface area contributed by atoms with Crippen LogP contribution in [0.2, 0.25) is 0 Å². The number of rotatable bonds is 3. The molecule has 1 fully saturated rings. The summed E-state index contributed by atoms with van der Waals surface area (Å²) < 4.78 is 0. The van der Waals surface area contributed by atoms with E-state index in [4.69, 9.17) is 5.26 Å². The minimum Gasteiger partial charge on any atom is -0.326 e. The van der Waals surface area contributed by atoms with E-state index in [9.17, 15) is 4.79 Å². The highest BCUT2D eigenvalue weighted by molar-refractivity contribution is 7.99. The van der Waals surface area contributed by atoms with Crippen LogP contribution in [0.15, 0.2) is 24.3 Å². The van der Waals surface area contributed by atoms with Crippen LogP contribution in [0, 0.1) is 17.2 Å². The Hall–Kier alpha value is -1.47. The van der Waals surface area contributed by atoms with Crippen LogP contribution in [0.25, 0.3) is 0 Å². The molecule has 1 aliphatic rings. The Labute approximate surface area is 105 Å². The van der Waals surface area contributed by atoms with Crippen molar-refractivity contribution in [1.82, 2.24) is 0 Å². The van der Waals surface area contributed by atoms with Crippen LogP contribution in [0.1, 0.15) is 12.0 Å². The van der Waals surface area contributed by atoms with Crippen molar-refractivity contribution in [3.63, 3.8) is 0 Å². The molecule has 1 aromatic rings. The second-order valence-electron chi connectivity index (χ2n) is 4.08. The Bertz CT molecular complexity index is 430. The molecule has 1 saturated heterocycles. The molecule has 2 rings (SSSR count). The van der Waals surface area contributed by atoms with Crippen LogP contribution in [-0.4, -0.2) is 17.4 Å². The number of hydrogen-bond donors (Lipinski definition) is 1. The van der Waals surface area contributed by atoms with Crippen LogP contribution in [-0.2, 0) is 11.2 Å². The van der Waals surface area contributed by atoms with Gasteiger partial charge < -0.3 is 5.32 Å². The summed E-state index contributed by atoms with van der Waals surface area (Å²) in [5.74, 6) is 2.28. The van der Waals surface area contributed by atoms with Gasteiger partial charge in [0.2, 0.25) is 5.91 Å². The second kappa shape index (κ2) is 5.74. The molecule has 88 valence electrons. The van der Waals surface area contributed by atoms with Gasteiger partial charge in [0.1, 0.15) is 0 Å². The van der Waals surface area contributed by atoms with Crippen LogP contribution in [0.3, 0.4) is 0 Å². The first-order valence-corrected chi connectivity index (χ1v) is 6.79. The second-order valence-corrected chi connectivity index (χ2v) is 5.23. The lowest BCUT2D eigenvalue weighted by Crippen LogP contribution is -2.22. The van der Waals surface area contributed by atoms with Gasteiger partial charge in [-0.05, 0) is 29.9 Å². The van der Waals surface area contributed by atoms with E-state index in [1.807, 2.05) is 36.0 Å². The zero-order chi connectivity index (χ0) is 12.1. The smallest absolute Gasteiger partial charge is 0.228 e. The number of thioether (sulfide) groups is 1. The van der Waals surface area contributed by atoms with E-state index < -0.39 is 0 Å². The van der Waals surface area contributed by atoms with Crippen molar-refractivity contribution >= 4 is 23.4 Å². The third-order valence-corrected chi connectivity index (χ3v) is 3.97. The summed E-state index contributed by atoms with van der Waals surface area (Å²) >= 11 is 1.83. The Morgan fingerprint density at radius 1 is 1.47 bits per heavy atom. The van der Waals surface area contributed by atoms with Crippen LogP contribution >= 0.6 is 11.8 Å². The monoisotopic (exact) mass is 246 g/mol. The maximum Gasteiger partial charge on any atom is 0.228 e. The third kappa shape index (κ3) is 3.24. The molecule has 0 aliphatic carbocycles. The number of hydrogen-bond acceptors (Lipinski definition) is 3. The van der Waals surface area contributed by atoms with E-state index >= 15 is 0 Å². The van der Waals surface area contributed by atoms with E-state index in [0.717, 1.165) is 29.2 Å². The van der Waals surface area contributed by atoms with E-state index in [0.29, 0.717) is 6.42 Å². The number of carbonyl (C=O) groups excluding carboxylic acids is 1. The van der Waals surface area contributed by atoms with Crippen molar-refractivity contribution in [3.05, 3.63) is 29.8 Å². The number of nitrogens with one attached hydrogen (secondary N) is 1. The summed E-state index contributed by atoms with van der Waals surface area (Å²) in [6, 6.07) is 9.56. The van der Waals surface area contributed by atoms with Gasteiger partial charge in [-0.3, -0.25) is 4.79 Å². The topological polar surface area (TPSA) is 52.9 Å². The summed E-state index contributed by atoms with van der Waals surface area (Å²) in [5.41, 5.74) is 1.79. The van der Waals surface area contributed by atoms with Crippen molar-refractivity contribution in [3.8, 4) is 6.07 Å². The lowest BCUT2D eigenvalue weighted by atomic mass is 10.1. The summed E-state index contributed by atoms with van der Waals surface area (Å²) in [6.45, 7) is 0. The van der Waals surface area contributed by atoms with Crippen molar-refractivity contribution in [2.75, 3.05) is 16.8 Å². The van der Waals surface area contributed by atoms with Gasteiger partial charge in [-0.2, -0.15) is 17.0 Å². The normalized spacial score (nSPS) is 18.6. The molecule has 0 bridgehead atoms. The maximum atomic E-state index is 11.8. The van der Waals surface area contributed by atoms with E-state index in [1.54, 1.807) is 0 Å². The van der Waals surface area contributed by atoms with E-state index in [-0.39, 0.29) is 11.8 Å². The number of carbonyl (C=O) groups is 1. The Balaban J connectivity index is 1.94. The van der Waals surface area contributed by atoms with E-state index in [1.165, 1.54) is 0 Å². The van der Waals surface area contributed by atoms with Gasteiger partial charge in [0, 0.05) is 17.4 Å². The molecular weight excluding hydrogens is 232 g/mol. The Kier molecular flexibility index (Phi) is 4.05. The standard InChI is InChI=1S/C13H14N2OS/c14-7-5-10-1-3-12(4-2-10)15-13(16)11-6-8-17-9-11/h1-4,11H,5-6,8-9H2,(H,15,16). The summed E-state index contributed by atoms with van der Waals surface area (Å²) in [7, 11) is 0. The minimum atomic E-state index is 0.114. The molecule has 3 nitrogen and oxygen atoms in total. The van der Waals surface area contributed by atoms with Gasteiger partial charge in [-0.1, -0.05) is 12.1 Å². The van der Waals surface area contributed by atoms with Gasteiger partial charge in [0.25, 0.3) is 0 Å². The molecule has 1 unspecified atom stereocenters. The lowest BCUT2D eigenvalue weighted by Gasteiger charge is -2.09. The molecule has 1 atom stereocenters. The van der Waals surface area contributed by atoms with Crippen molar-refractivity contribution in [2.24, 2.45) is 5.92 Å². The molecule has 0 spiro atoms. The minimum absolute atomic E-state index is 0.114. The molecule has 4 heteroatoms. The zero-order valence-corrected chi connectivity index (χ0v) is 10.3. The van der Waals surface area contributed by atoms with Crippen molar-refractivity contribution in [2.45, 2.75) is 12.8 Å². The fourth-order valence-electron chi connectivity index (χ4n) is 1.78. The highest BCUT2D eigenvalue weighted by atomic mass is 32.2. The molecule has 17 heavy (non-hydrogen) atoms. The van der Waals surface area contributed by atoms with Crippen molar-refractivity contribution < 1.29 is 4.79 Å². The molecule has 0 radical (unpaired) electrons. The summed E-state index contributed by atoms with van der Waals surface area (Å²) in [6.07, 6.45) is 1.39. The first-order valence-electron chi connectivity index (χ1n) is 5.64. The predicted molar refractivity (Wildman–Crippen MR) is 69.8 cm³/mol. The molecule has 0 saturated carbocycles. The van der Waals surface area contributed by atoms with Crippen LogP contribution < -0.4 is 5.32 Å². The number of nitrogens with zero attached hydrogens (tertiary/aromatic N) is 1. The highest BCUT2D eigenvalue weighted by Crippen LogP contribution is 2.24. The van der Waals surface area contributed by atoms with Gasteiger partial charge in [0.15, 0.2) is 0 Å². The molecule has 0 aromatic heterocycles. The average Bonchev–Trinajstić information content (AvgIpc) is 2.86. The number of amides is 1. The third-order valence-electron chi connectivity index (χ3n) is 2.81. The number of benzene rings is 1. The predicted octanol–water partition coefficient (Wildman–Crippen LogP) is 2.44. The first kappa shape index (κ1) is 12.0. The van der Waals surface area contributed by atoms with Gasteiger partial charge >= 0.3 is 0 Å². The maximum absolute atomic E-state index is 11.8. The molecule has 1 aliphatic heterocycles. The van der Waals surface area contributed by atoms with Gasteiger partial charge in [-0.15, -0.1) is 0 Å². The fourth-order valence-corrected chi connectivity index (χ4v) is 3.00. The van der Waals surface area contributed by atoms with E-state index in [2.05, 4.69) is 11.4 Å². The first-order chi connectivity index (χ1) is 8.29. The molecular formula is C13H14N2OS. The van der Waals surface area contributed by atoms with Crippen LogP contribution in [0.4, 0.5) is 5.69 Å². The van der Waals surface area contributed by atoms with Crippen molar-refractivity contribution in [1.29, 1.82) is 5.26 Å². The molecule has 1 N–H and O–H groups in total. The number of nitriles is 1. The lowest BCUT2D eigenvalue weighted by molar-refractivity contribution is -0.119. The molecule has 1 amide bonds. The largest absolute Gasteiger partial charge is 0.326 e. The average molecular weight is 246 g/mol. The summed E-state index contributed by atoms with van der Waals surface area (Å²) in [5, 5.41) is 11.5. The highest BCUT2D eigenvalue weighted by Gasteiger charge is 2.22.